The Bertz CT molecular complexity index is 424. The average Bonchev–Trinajstić information content (AvgIpc) is 2.24. The first kappa shape index (κ1) is 15.7. The number of nitrogens with one attached hydrogen (secondary N) is 2. The van der Waals surface area contributed by atoms with E-state index in [2.05, 4.69) is 25.6 Å². The molecule has 0 saturated heterocycles. The summed E-state index contributed by atoms with van der Waals surface area (Å²) in [5.41, 5.74) is 0. The second-order valence-corrected chi connectivity index (χ2v) is 4.77. The zero-order valence-corrected chi connectivity index (χ0v) is 11.5. The first-order valence-electron chi connectivity index (χ1n) is 5.67. The first-order chi connectivity index (χ1) is 8.68. The van der Waals surface area contributed by atoms with Gasteiger partial charge in [0.2, 0.25) is 17.2 Å². The maximum atomic E-state index is 12.4. The van der Waals surface area contributed by atoms with Crippen molar-refractivity contribution in [2.24, 2.45) is 5.92 Å². The number of halogens is 4. The van der Waals surface area contributed by atoms with Crippen LogP contribution in [0.1, 0.15) is 20.8 Å². The van der Waals surface area contributed by atoms with E-state index in [9.17, 15) is 13.2 Å². The van der Waals surface area contributed by atoms with E-state index in [1.807, 2.05) is 13.8 Å². The Labute approximate surface area is 114 Å². The van der Waals surface area contributed by atoms with Gasteiger partial charge in [-0.2, -0.15) is 28.1 Å². The van der Waals surface area contributed by atoms with Crippen LogP contribution in [0.2, 0.25) is 5.28 Å². The van der Waals surface area contributed by atoms with Crippen molar-refractivity contribution in [1.29, 1.82) is 0 Å². The van der Waals surface area contributed by atoms with Gasteiger partial charge in [0.05, 0.1) is 0 Å². The molecule has 1 aromatic rings. The largest absolute Gasteiger partial charge is 0.408 e. The Kier molecular flexibility index (Phi) is 5.16. The van der Waals surface area contributed by atoms with Crippen molar-refractivity contribution in [2.45, 2.75) is 33.0 Å². The monoisotopic (exact) mass is 297 g/mol. The minimum Gasteiger partial charge on any atom is -0.354 e. The van der Waals surface area contributed by atoms with Gasteiger partial charge in [0, 0.05) is 6.54 Å². The SMILES string of the molecule is CC(C)CNc1nc(Cl)nc(N[C@H](C)C(F)(F)F)n1. The third-order valence-corrected chi connectivity index (χ3v) is 2.28. The molecule has 108 valence electrons. The molecule has 1 atom stereocenters. The number of rotatable bonds is 5. The molecule has 0 radical (unpaired) electrons. The Morgan fingerprint density at radius 1 is 1.11 bits per heavy atom. The smallest absolute Gasteiger partial charge is 0.354 e. The highest BCUT2D eigenvalue weighted by Crippen LogP contribution is 2.22. The van der Waals surface area contributed by atoms with Crippen molar-refractivity contribution >= 4 is 23.5 Å². The van der Waals surface area contributed by atoms with Gasteiger partial charge >= 0.3 is 6.18 Å². The van der Waals surface area contributed by atoms with E-state index in [1.54, 1.807) is 0 Å². The molecule has 5 nitrogen and oxygen atoms in total. The number of anilines is 2. The molecule has 1 rings (SSSR count). The molecule has 0 saturated carbocycles. The zero-order valence-electron chi connectivity index (χ0n) is 10.7. The molecule has 2 N–H and O–H groups in total. The number of nitrogens with zero attached hydrogens (tertiary/aromatic N) is 3. The number of hydrogen-bond donors (Lipinski definition) is 2. The third kappa shape index (κ3) is 5.46. The van der Waals surface area contributed by atoms with Crippen LogP contribution in [0.3, 0.4) is 0 Å². The lowest BCUT2D eigenvalue weighted by atomic mass is 10.2. The summed E-state index contributed by atoms with van der Waals surface area (Å²) in [7, 11) is 0. The van der Waals surface area contributed by atoms with E-state index in [-0.39, 0.29) is 17.2 Å². The van der Waals surface area contributed by atoms with Crippen molar-refractivity contribution in [3.63, 3.8) is 0 Å². The summed E-state index contributed by atoms with van der Waals surface area (Å²) in [5, 5.41) is 4.84. The van der Waals surface area contributed by atoms with Crippen molar-refractivity contribution in [3.05, 3.63) is 5.28 Å². The molecule has 0 aliphatic heterocycles. The predicted molar refractivity (Wildman–Crippen MR) is 67.3 cm³/mol. The molecule has 0 bridgehead atoms. The van der Waals surface area contributed by atoms with Crippen LogP contribution in [0.25, 0.3) is 0 Å². The van der Waals surface area contributed by atoms with E-state index in [0.717, 1.165) is 6.92 Å². The Morgan fingerprint density at radius 3 is 2.21 bits per heavy atom. The number of hydrogen-bond acceptors (Lipinski definition) is 5. The summed E-state index contributed by atoms with van der Waals surface area (Å²) in [5.74, 6) is 0.266. The minimum atomic E-state index is -4.38. The van der Waals surface area contributed by atoms with Gasteiger partial charge in [0.25, 0.3) is 0 Å². The van der Waals surface area contributed by atoms with Gasteiger partial charge in [-0.15, -0.1) is 0 Å². The fraction of sp³-hybridized carbons (Fsp3) is 0.700. The van der Waals surface area contributed by atoms with Gasteiger partial charge in [0.15, 0.2) is 0 Å². The van der Waals surface area contributed by atoms with Gasteiger partial charge in [-0.3, -0.25) is 0 Å². The third-order valence-electron chi connectivity index (χ3n) is 2.11. The quantitative estimate of drug-likeness (QED) is 0.875. The van der Waals surface area contributed by atoms with Gasteiger partial charge in [-0.05, 0) is 24.4 Å². The van der Waals surface area contributed by atoms with Crippen LogP contribution in [-0.2, 0) is 0 Å². The van der Waals surface area contributed by atoms with E-state index in [4.69, 9.17) is 11.6 Å². The second kappa shape index (κ2) is 6.23. The average molecular weight is 298 g/mol. The van der Waals surface area contributed by atoms with Crippen LogP contribution in [0.4, 0.5) is 25.1 Å². The molecule has 1 aromatic heterocycles. The molecule has 1 heterocycles. The maximum Gasteiger partial charge on any atom is 0.408 e. The normalized spacial score (nSPS) is 13.5. The molecule has 0 fully saturated rings. The van der Waals surface area contributed by atoms with Crippen LogP contribution < -0.4 is 10.6 Å². The van der Waals surface area contributed by atoms with E-state index < -0.39 is 12.2 Å². The molecule has 0 unspecified atom stereocenters. The van der Waals surface area contributed by atoms with E-state index >= 15 is 0 Å². The summed E-state index contributed by atoms with van der Waals surface area (Å²) < 4.78 is 37.2. The molecular weight excluding hydrogens is 283 g/mol. The first-order valence-corrected chi connectivity index (χ1v) is 6.05. The molecule has 9 heteroatoms. The van der Waals surface area contributed by atoms with E-state index in [0.29, 0.717) is 12.5 Å². The van der Waals surface area contributed by atoms with Crippen LogP contribution in [0.5, 0.6) is 0 Å². The summed E-state index contributed by atoms with van der Waals surface area (Å²) in [4.78, 5) is 11.2. The van der Waals surface area contributed by atoms with Crippen LogP contribution in [-0.4, -0.2) is 33.7 Å². The topological polar surface area (TPSA) is 62.7 Å². The summed E-state index contributed by atoms with van der Waals surface area (Å²) in [6, 6.07) is -1.77. The van der Waals surface area contributed by atoms with Gasteiger partial charge in [-0.1, -0.05) is 13.8 Å². The Hall–Kier alpha value is -1.31. The number of alkyl halides is 3. The standard InChI is InChI=1S/C10H15ClF3N5/c1-5(2)4-15-8-17-7(11)18-9(19-8)16-6(3)10(12,13)14/h5-6H,4H2,1-3H3,(H2,15,16,17,18,19)/t6-/m1/s1. The summed E-state index contributed by atoms with van der Waals surface area (Å²) in [6.45, 7) is 5.49. The Morgan fingerprint density at radius 2 is 1.68 bits per heavy atom. The van der Waals surface area contributed by atoms with Crippen LogP contribution >= 0.6 is 11.6 Å². The van der Waals surface area contributed by atoms with Gasteiger partial charge in [-0.25, -0.2) is 0 Å². The van der Waals surface area contributed by atoms with Gasteiger partial charge < -0.3 is 10.6 Å². The van der Waals surface area contributed by atoms with Crippen molar-refractivity contribution in [1.82, 2.24) is 15.0 Å². The fourth-order valence-electron chi connectivity index (χ4n) is 1.06. The lowest BCUT2D eigenvalue weighted by molar-refractivity contribution is -0.138. The molecule has 0 amide bonds. The van der Waals surface area contributed by atoms with Crippen molar-refractivity contribution in [2.75, 3.05) is 17.2 Å². The van der Waals surface area contributed by atoms with Crippen molar-refractivity contribution < 1.29 is 13.2 Å². The highest BCUT2D eigenvalue weighted by Gasteiger charge is 2.36. The molecule has 0 aromatic carbocycles. The molecule has 0 aliphatic carbocycles. The molecule has 19 heavy (non-hydrogen) atoms. The minimum absolute atomic E-state index is 0.144. The van der Waals surface area contributed by atoms with Crippen LogP contribution in [0, 0.1) is 5.92 Å². The van der Waals surface area contributed by atoms with Crippen LogP contribution in [0.15, 0.2) is 0 Å². The molecule has 0 aliphatic rings. The molecule has 0 spiro atoms. The summed E-state index contributed by atoms with van der Waals surface area (Å²) >= 11 is 5.64. The van der Waals surface area contributed by atoms with E-state index in [1.165, 1.54) is 0 Å². The van der Waals surface area contributed by atoms with Gasteiger partial charge in [0.1, 0.15) is 6.04 Å². The van der Waals surface area contributed by atoms with Crippen molar-refractivity contribution in [3.8, 4) is 0 Å². The maximum absolute atomic E-state index is 12.4. The highest BCUT2D eigenvalue weighted by molar-refractivity contribution is 6.28. The number of aromatic nitrogens is 3. The Balaban J connectivity index is 2.79. The zero-order chi connectivity index (χ0) is 14.6. The lowest BCUT2D eigenvalue weighted by Crippen LogP contribution is -2.34. The molecular formula is C10H15ClF3N5. The summed E-state index contributed by atoms with van der Waals surface area (Å²) in [6.07, 6.45) is -4.38. The predicted octanol–water partition coefficient (Wildman–Crippen LogP) is 2.96. The fourth-order valence-corrected chi connectivity index (χ4v) is 1.22. The highest BCUT2D eigenvalue weighted by atomic mass is 35.5. The lowest BCUT2D eigenvalue weighted by Gasteiger charge is -2.17. The second-order valence-electron chi connectivity index (χ2n) is 4.43.